The fraction of sp³-hybridized carbons (Fsp3) is 0.676. The molecule has 5 fully saturated rings. The van der Waals surface area contributed by atoms with E-state index >= 15 is 0 Å². The fourth-order valence-electron chi connectivity index (χ4n) is 8.52. The summed E-state index contributed by atoms with van der Waals surface area (Å²) in [6, 6.07) is 3.94. The second-order valence-electron chi connectivity index (χ2n) is 14.8. The van der Waals surface area contributed by atoms with Crippen molar-refractivity contribution in [2.45, 2.75) is 90.1 Å². The lowest BCUT2D eigenvalue weighted by molar-refractivity contribution is -0.124. The molecule has 4 heterocycles. The molecule has 3 saturated heterocycles. The maximum absolute atomic E-state index is 14.3. The molecule has 11 heteroatoms. The normalized spacial score (nSPS) is 26.7. The Balaban J connectivity index is 0.937. The molecule has 0 radical (unpaired) electrons. The smallest absolute Gasteiger partial charge is 0.282 e. The molecule has 2 aromatic rings. The number of hydrogen-bond donors (Lipinski definition) is 1. The van der Waals surface area contributed by atoms with E-state index in [0.717, 1.165) is 83.6 Å². The highest BCUT2D eigenvalue weighted by molar-refractivity contribution is 5.97. The van der Waals surface area contributed by atoms with Gasteiger partial charge < -0.3 is 24.8 Å². The first kappa shape index (κ1) is 30.3. The van der Waals surface area contributed by atoms with Crippen LogP contribution < -0.4 is 15.0 Å². The van der Waals surface area contributed by atoms with Crippen molar-refractivity contribution in [1.29, 1.82) is 0 Å². The lowest BCUT2D eigenvalue weighted by atomic mass is 9.71. The Morgan fingerprint density at radius 1 is 1.13 bits per heavy atom. The van der Waals surface area contributed by atoms with Crippen molar-refractivity contribution in [1.82, 2.24) is 30.3 Å². The average molecular weight is 620 g/mol. The summed E-state index contributed by atoms with van der Waals surface area (Å²) in [6.07, 6.45) is 11.7. The van der Waals surface area contributed by atoms with Gasteiger partial charge in [0.25, 0.3) is 11.8 Å². The largest absolute Gasteiger partial charge is 0.434 e. The van der Waals surface area contributed by atoms with Crippen molar-refractivity contribution < 1.29 is 18.7 Å². The summed E-state index contributed by atoms with van der Waals surface area (Å²) >= 11 is 0. The number of benzene rings is 1. The van der Waals surface area contributed by atoms with Crippen molar-refractivity contribution in [3.63, 3.8) is 0 Å². The van der Waals surface area contributed by atoms with E-state index in [1.807, 2.05) is 20.8 Å². The van der Waals surface area contributed by atoms with Crippen molar-refractivity contribution in [2.24, 2.45) is 16.7 Å². The van der Waals surface area contributed by atoms with Crippen LogP contribution in [0.5, 0.6) is 11.6 Å². The topological polar surface area (TPSA) is 104 Å². The molecule has 0 unspecified atom stereocenters. The van der Waals surface area contributed by atoms with Gasteiger partial charge in [-0.2, -0.15) is 0 Å². The molecule has 2 saturated carbocycles. The van der Waals surface area contributed by atoms with Crippen molar-refractivity contribution in [2.75, 3.05) is 44.2 Å². The Morgan fingerprint density at radius 2 is 1.87 bits per heavy atom. The number of hydrogen-bond acceptors (Lipinski definition) is 8. The number of carbonyl (C=O) groups excluding carboxylic acids is 2. The molecular formula is C34H46FN7O3. The number of ether oxygens (including phenoxy) is 1. The highest BCUT2D eigenvalue weighted by Gasteiger charge is 2.61. The van der Waals surface area contributed by atoms with Crippen LogP contribution in [0.4, 0.5) is 10.2 Å². The number of nitrogens with zero attached hydrogens (tertiary/aromatic N) is 6. The molecule has 2 amide bonds. The molecule has 45 heavy (non-hydrogen) atoms. The molecule has 1 aromatic carbocycles. The number of anilines is 1. The summed E-state index contributed by atoms with van der Waals surface area (Å²) in [5.41, 5.74) is 0.494. The van der Waals surface area contributed by atoms with Gasteiger partial charge in [-0.15, -0.1) is 10.2 Å². The van der Waals surface area contributed by atoms with E-state index in [4.69, 9.17) is 4.74 Å². The average Bonchev–Trinajstić information content (AvgIpc) is 3.74. The van der Waals surface area contributed by atoms with Crippen LogP contribution in [0.3, 0.4) is 0 Å². The van der Waals surface area contributed by atoms with Crippen LogP contribution in [0.2, 0.25) is 0 Å². The van der Waals surface area contributed by atoms with Gasteiger partial charge in [0.15, 0.2) is 5.82 Å². The number of amides is 2. The van der Waals surface area contributed by atoms with E-state index in [1.54, 1.807) is 4.90 Å². The minimum absolute atomic E-state index is 0.00637. The monoisotopic (exact) mass is 619 g/mol. The molecule has 242 valence electrons. The number of carbonyl (C=O) groups is 2. The summed E-state index contributed by atoms with van der Waals surface area (Å²) in [7, 11) is 0. The molecule has 5 aliphatic rings. The van der Waals surface area contributed by atoms with E-state index in [0.29, 0.717) is 18.3 Å². The summed E-state index contributed by atoms with van der Waals surface area (Å²) in [6.45, 7) is 11.4. The SMILES string of the molecule is CCN(C(=O)c1cc(F)ccc1Oc1nncnc1N1CC2(CCN(CC3CCC4(CC3)CC3(CC3)C(=O)N4)CC2)C1)C(C)C. The zero-order valence-electron chi connectivity index (χ0n) is 26.9. The lowest BCUT2D eigenvalue weighted by Crippen LogP contribution is -2.61. The summed E-state index contributed by atoms with van der Waals surface area (Å²) < 4.78 is 20.4. The van der Waals surface area contributed by atoms with E-state index in [-0.39, 0.29) is 45.5 Å². The molecular weight excluding hydrogens is 573 g/mol. The van der Waals surface area contributed by atoms with Crippen LogP contribution in [-0.2, 0) is 4.79 Å². The zero-order valence-corrected chi connectivity index (χ0v) is 26.9. The Morgan fingerprint density at radius 3 is 2.51 bits per heavy atom. The van der Waals surface area contributed by atoms with Gasteiger partial charge >= 0.3 is 0 Å². The Bertz CT molecular complexity index is 1440. The minimum atomic E-state index is -0.500. The second-order valence-corrected chi connectivity index (χ2v) is 14.8. The van der Waals surface area contributed by atoms with Gasteiger partial charge in [-0.1, -0.05) is 0 Å². The molecule has 3 aliphatic heterocycles. The third-order valence-corrected chi connectivity index (χ3v) is 11.4. The molecule has 10 nitrogen and oxygen atoms in total. The molecule has 7 rings (SSSR count). The summed E-state index contributed by atoms with van der Waals surface area (Å²) in [5, 5.41) is 11.6. The van der Waals surface area contributed by atoms with Crippen molar-refractivity contribution >= 4 is 17.6 Å². The molecule has 1 aromatic heterocycles. The predicted octanol–water partition coefficient (Wildman–Crippen LogP) is 4.80. The van der Waals surface area contributed by atoms with Crippen LogP contribution in [0.25, 0.3) is 0 Å². The second kappa shape index (κ2) is 11.5. The zero-order chi connectivity index (χ0) is 31.4. The maximum atomic E-state index is 14.3. The van der Waals surface area contributed by atoms with Gasteiger partial charge in [0, 0.05) is 43.2 Å². The number of likely N-dealkylation sites (tertiary alicyclic amines) is 1. The van der Waals surface area contributed by atoms with Crippen LogP contribution in [-0.4, -0.2) is 87.6 Å². The minimum Gasteiger partial charge on any atom is -0.434 e. The van der Waals surface area contributed by atoms with E-state index < -0.39 is 5.82 Å². The van der Waals surface area contributed by atoms with Crippen LogP contribution in [0.15, 0.2) is 24.5 Å². The number of halogens is 1. The first-order valence-electron chi connectivity index (χ1n) is 16.9. The molecule has 0 bridgehead atoms. The van der Waals surface area contributed by atoms with Crippen LogP contribution in [0, 0.1) is 22.6 Å². The van der Waals surface area contributed by atoms with Gasteiger partial charge in [-0.25, -0.2) is 9.37 Å². The van der Waals surface area contributed by atoms with Crippen LogP contribution >= 0.6 is 0 Å². The van der Waals surface area contributed by atoms with Gasteiger partial charge in [-0.05, 0) is 116 Å². The standard InChI is InChI=1S/C34H46FN7O3/c1-4-42(23(2)3)30(43)26-17-25(35)5-6-27(26)45-29-28(36-22-37-39-29)41-20-32(21-41)13-15-40(16-14-32)18-24-7-9-34(10-8-24)19-33(11-12-33)31(44)38-34/h5-6,17,22-24H,4,7-16,18-21H2,1-3H3,(H,38,44). The summed E-state index contributed by atoms with van der Waals surface area (Å²) in [4.78, 5) is 36.8. The molecule has 1 N–H and O–H groups in total. The Kier molecular flexibility index (Phi) is 7.73. The van der Waals surface area contributed by atoms with Gasteiger partial charge in [0.05, 0.1) is 11.0 Å². The van der Waals surface area contributed by atoms with Gasteiger partial charge in [-0.3, -0.25) is 9.59 Å². The number of aromatic nitrogens is 3. The van der Waals surface area contributed by atoms with E-state index in [2.05, 4.69) is 30.3 Å². The highest BCUT2D eigenvalue weighted by atomic mass is 19.1. The first-order chi connectivity index (χ1) is 21.6. The van der Waals surface area contributed by atoms with Gasteiger partial charge in [0.2, 0.25) is 5.91 Å². The first-order valence-corrected chi connectivity index (χ1v) is 16.9. The molecule has 0 atom stereocenters. The fourth-order valence-corrected chi connectivity index (χ4v) is 8.52. The number of rotatable bonds is 8. The predicted molar refractivity (Wildman–Crippen MR) is 168 cm³/mol. The van der Waals surface area contributed by atoms with Crippen LogP contribution in [0.1, 0.15) is 88.9 Å². The summed E-state index contributed by atoms with van der Waals surface area (Å²) in [5.74, 6) is 1.31. The van der Waals surface area contributed by atoms with E-state index in [1.165, 1.54) is 37.4 Å². The van der Waals surface area contributed by atoms with Crippen molar-refractivity contribution in [3.05, 3.63) is 35.9 Å². The Hall–Kier alpha value is -3.34. The number of piperidine rings is 1. The van der Waals surface area contributed by atoms with Gasteiger partial charge in [0.1, 0.15) is 17.9 Å². The molecule has 2 aliphatic carbocycles. The number of nitrogens with one attached hydrogen (secondary N) is 1. The van der Waals surface area contributed by atoms with Crippen molar-refractivity contribution in [3.8, 4) is 11.6 Å². The maximum Gasteiger partial charge on any atom is 0.282 e. The highest BCUT2D eigenvalue weighted by Crippen LogP contribution is 2.58. The Labute approximate surface area is 265 Å². The van der Waals surface area contributed by atoms with E-state index in [9.17, 15) is 14.0 Å². The molecule has 3 spiro atoms. The quantitative estimate of drug-likeness (QED) is 0.450. The third-order valence-electron chi connectivity index (χ3n) is 11.4. The third kappa shape index (κ3) is 5.77. The lowest BCUT2D eigenvalue weighted by Gasteiger charge is -2.54.